The van der Waals surface area contributed by atoms with Crippen molar-refractivity contribution in [2.45, 2.75) is 47.0 Å². The van der Waals surface area contributed by atoms with Gasteiger partial charge in [-0.3, -0.25) is 0 Å². The van der Waals surface area contributed by atoms with Crippen LogP contribution < -0.4 is 0 Å². The summed E-state index contributed by atoms with van der Waals surface area (Å²) < 4.78 is 244. The van der Waals surface area contributed by atoms with Gasteiger partial charge in [0.25, 0.3) is 0 Å². The number of carbonyl (C=O) groups excluding carboxylic acids is 1. The van der Waals surface area contributed by atoms with E-state index in [9.17, 15) is 87.8 Å². The van der Waals surface area contributed by atoms with Gasteiger partial charge < -0.3 is 4.84 Å². The zero-order valence-corrected chi connectivity index (χ0v) is 16.5. The molecule has 0 spiro atoms. The number of carbonyl (C=O) groups is 1. The number of alkyl halides is 17. The van der Waals surface area contributed by atoms with Crippen LogP contribution in [0.2, 0.25) is 0 Å². The van der Waals surface area contributed by atoms with Crippen molar-refractivity contribution in [2.75, 3.05) is 7.05 Å². The Hall–Kier alpha value is -2.07. The summed E-state index contributed by atoms with van der Waals surface area (Å²) in [6.45, 7) is 2.52. The first-order valence-electron chi connectivity index (χ1n) is 7.42. The molecule has 0 fully saturated rings. The quantitative estimate of drug-likeness (QED) is 0.210. The van der Waals surface area contributed by atoms with Crippen molar-refractivity contribution < 1.29 is 92.7 Å². The van der Waals surface area contributed by atoms with Crippen LogP contribution in [0.1, 0.15) is 0 Å². The first-order chi connectivity index (χ1) is 14.9. The zero-order valence-electron chi connectivity index (χ0n) is 15.7. The molecule has 0 atom stereocenters. The summed E-state index contributed by atoms with van der Waals surface area (Å²) in [5, 5.41) is -7.82. The monoisotopic (exact) mass is 583 g/mol. The van der Waals surface area contributed by atoms with Gasteiger partial charge >= 0.3 is 63.0 Å². The van der Waals surface area contributed by atoms with Crippen molar-refractivity contribution in [3.05, 3.63) is 12.7 Å². The molecule has 0 saturated carbocycles. The summed E-state index contributed by atoms with van der Waals surface area (Å²) in [4.78, 5) is 14.0. The first-order valence-corrected chi connectivity index (χ1v) is 8.86. The van der Waals surface area contributed by atoms with Gasteiger partial charge in [0.05, 0.1) is 0 Å². The molecule has 35 heavy (non-hydrogen) atoms. The van der Waals surface area contributed by atoms with E-state index in [4.69, 9.17) is 0 Å². The molecule has 0 heterocycles. The van der Waals surface area contributed by atoms with Gasteiger partial charge in [0, 0.05) is 13.1 Å². The Morgan fingerprint density at radius 1 is 0.657 bits per heavy atom. The lowest BCUT2D eigenvalue weighted by Crippen LogP contribution is -2.75. The normalized spacial score (nSPS) is 15.9. The molecule has 0 unspecified atom stereocenters. The van der Waals surface area contributed by atoms with Crippen LogP contribution in [0.15, 0.2) is 12.7 Å². The minimum atomic E-state index is -8.95. The topological polar surface area (TPSA) is 63.7 Å². The zero-order chi connectivity index (χ0) is 29.1. The summed E-state index contributed by atoms with van der Waals surface area (Å²) in [7, 11) is -8.16. The molecule has 0 aliphatic rings. The molecular weight excluding hydrogens is 577 g/mol. The van der Waals surface area contributed by atoms with Gasteiger partial charge in [-0.1, -0.05) is 6.58 Å². The SMILES string of the molecule is C=CC(=O)ON(C)S(=O)(=O)C(F)(F)C(F)(F)C(F)(F)C(F)(F)C(F)(F)C(F)(F)C(F)(F)C(F)(F)F. The Morgan fingerprint density at radius 2 is 0.943 bits per heavy atom. The van der Waals surface area contributed by atoms with Gasteiger partial charge in [-0.2, -0.15) is 74.6 Å². The summed E-state index contributed by atoms with van der Waals surface area (Å²) in [5.41, 5.74) is 0. The highest BCUT2D eigenvalue weighted by atomic mass is 32.2. The van der Waals surface area contributed by atoms with E-state index in [0.717, 1.165) is 0 Å². The fraction of sp³-hybridized carbons (Fsp3) is 0.750. The number of halogens is 17. The van der Waals surface area contributed by atoms with E-state index in [2.05, 4.69) is 11.4 Å². The van der Waals surface area contributed by atoms with Crippen LogP contribution in [0.5, 0.6) is 0 Å². The number of hydrogen-bond donors (Lipinski definition) is 0. The Morgan fingerprint density at radius 3 is 1.23 bits per heavy atom. The minimum absolute atomic E-state index is 0.0888. The average molecular weight is 583 g/mol. The van der Waals surface area contributed by atoms with Gasteiger partial charge in [-0.05, 0) is 4.47 Å². The second-order valence-electron chi connectivity index (χ2n) is 5.99. The molecular formula is C12H6F17NO4S. The molecule has 23 heteroatoms. The van der Waals surface area contributed by atoms with Crippen molar-refractivity contribution in [1.82, 2.24) is 4.47 Å². The summed E-state index contributed by atoms with van der Waals surface area (Å²) >= 11 is 0. The highest BCUT2D eigenvalue weighted by Crippen LogP contribution is 2.64. The average Bonchev–Trinajstić information content (AvgIpc) is 2.65. The van der Waals surface area contributed by atoms with Crippen molar-refractivity contribution in [3.8, 4) is 0 Å². The van der Waals surface area contributed by atoms with Crippen LogP contribution in [0.3, 0.4) is 0 Å². The smallest absolute Gasteiger partial charge is 0.349 e. The number of sulfonamides is 1. The molecule has 208 valence electrons. The lowest BCUT2D eigenvalue weighted by Gasteiger charge is -2.42. The predicted octanol–water partition coefficient (Wildman–Crippen LogP) is 4.86. The maximum absolute atomic E-state index is 13.7. The minimum Gasteiger partial charge on any atom is -0.349 e. The largest absolute Gasteiger partial charge is 0.460 e. The third kappa shape index (κ3) is 4.26. The molecule has 0 aliphatic heterocycles. The number of rotatable bonds is 10. The molecule has 0 rings (SSSR count). The van der Waals surface area contributed by atoms with E-state index in [1.165, 1.54) is 0 Å². The highest BCUT2D eigenvalue weighted by Gasteiger charge is 2.96. The van der Waals surface area contributed by atoms with E-state index < -0.39 is 74.5 Å². The summed E-state index contributed by atoms with van der Waals surface area (Å²) in [6, 6.07) is 0. The molecule has 0 saturated heterocycles. The lowest BCUT2D eigenvalue weighted by atomic mass is 9.91. The lowest BCUT2D eigenvalue weighted by molar-refractivity contribution is -0.458. The fourth-order valence-corrected chi connectivity index (χ4v) is 2.63. The van der Waals surface area contributed by atoms with Crippen molar-refractivity contribution in [1.29, 1.82) is 0 Å². The second kappa shape index (κ2) is 8.50. The Bertz CT molecular complexity index is 939. The van der Waals surface area contributed by atoms with E-state index in [1.807, 2.05) is 0 Å². The van der Waals surface area contributed by atoms with Crippen LogP contribution >= 0.6 is 0 Å². The number of hydroxylamine groups is 1. The maximum atomic E-state index is 13.7. The molecule has 5 nitrogen and oxygen atoms in total. The van der Waals surface area contributed by atoms with Crippen LogP contribution in [-0.4, -0.2) is 72.9 Å². The van der Waals surface area contributed by atoms with Crippen molar-refractivity contribution in [2.24, 2.45) is 0 Å². The van der Waals surface area contributed by atoms with E-state index in [1.54, 1.807) is 0 Å². The van der Waals surface area contributed by atoms with Crippen LogP contribution in [0, 0.1) is 0 Å². The third-order valence-electron chi connectivity index (χ3n) is 3.74. The van der Waals surface area contributed by atoms with Crippen molar-refractivity contribution in [3.63, 3.8) is 0 Å². The number of hydrogen-bond acceptors (Lipinski definition) is 4. The molecule has 0 radical (unpaired) electrons. The molecule has 0 amide bonds. The van der Waals surface area contributed by atoms with Gasteiger partial charge in [0.1, 0.15) is 0 Å². The molecule has 0 aromatic carbocycles. The van der Waals surface area contributed by atoms with E-state index in [0.29, 0.717) is 0 Å². The van der Waals surface area contributed by atoms with Gasteiger partial charge in [-0.15, -0.1) is 0 Å². The standard InChI is InChI=1S/C12H6F17NO4S/c1-3-4(31)34-30(2)35(32,33)12(28,29)10(23,24)8(19,20)6(15,16)5(13,14)7(17,18)9(21,22)11(25,26)27/h3H,1H2,2H3. The van der Waals surface area contributed by atoms with E-state index >= 15 is 0 Å². The van der Waals surface area contributed by atoms with Crippen molar-refractivity contribution >= 4 is 16.0 Å². The van der Waals surface area contributed by atoms with Crippen LogP contribution in [0.25, 0.3) is 0 Å². The molecule has 0 aromatic heterocycles. The van der Waals surface area contributed by atoms with Gasteiger partial charge in [-0.25, -0.2) is 13.2 Å². The summed E-state index contributed by atoms with van der Waals surface area (Å²) in [5.74, 6) is -54.4. The van der Waals surface area contributed by atoms with Gasteiger partial charge in [0.15, 0.2) is 0 Å². The Balaban J connectivity index is 6.96. The molecule has 0 N–H and O–H groups in total. The van der Waals surface area contributed by atoms with Crippen LogP contribution in [0.4, 0.5) is 74.6 Å². The fourth-order valence-electron chi connectivity index (χ4n) is 1.69. The Labute approximate surface area is 181 Å². The second-order valence-corrected chi connectivity index (χ2v) is 7.97. The predicted molar refractivity (Wildman–Crippen MR) is 73.7 cm³/mol. The van der Waals surface area contributed by atoms with Crippen LogP contribution in [-0.2, 0) is 19.7 Å². The third-order valence-corrected chi connectivity index (χ3v) is 5.40. The van der Waals surface area contributed by atoms with Gasteiger partial charge in [0.2, 0.25) is 0 Å². The molecule has 0 bridgehead atoms. The highest BCUT2D eigenvalue weighted by molar-refractivity contribution is 7.90. The Kier molecular flexibility index (Phi) is 8.00. The first kappa shape index (κ1) is 32.9. The van der Waals surface area contributed by atoms with E-state index in [-0.39, 0.29) is 6.08 Å². The summed E-state index contributed by atoms with van der Waals surface area (Å²) in [6.07, 6.45) is -8.01. The number of nitrogens with zero attached hydrogens (tertiary/aromatic N) is 1. The molecule has 0 aliphatic carbocycles. The molecule has 0 aromatic rings. The maximum Gasteiger partial charge on any atom is 0.460 e.